The summed E-state index contributed by atoms with van der Waals surface area (Å²) < 4.78 is 13.7. The molecule has 34 heavy (non-hydrogen) atoms. The van der Waals surface area contributed by atoms with E-state index in [1.54, 1.807) is 29.8 Å². The number of amides is 1. The van der Waals surface area contributed by atoms with Gasteiger partial charge in [-0.05, 0) is 37.0 Å². The molecule has 1 fully saturated rings. The highest BCUT2D eigenvalue weighted by molar-refractivity contribution is 7.22. The molecule has 10 heteroatoms. The quantitative estimate of drug-likeness (QED) is 0.421. The number of aryl methyl sites for hydroxylation is 3. The van der Waals surface area contributed by atoms with E-state index in [0.717, 1.165) is 15.9 Å². The lowest BCUT2D eigenvalue weighted by molar-refractivity contribution is -0.129. The van der Waals surface area contributed by atoms with E-state index in [9.17, 15) is 14.4 Å². The number of oxazole rings is 1. The van der Waals surface area contributed by atoms with Crippen molar-refractivity contribution in [3.8, 4) is 16.5 Å². The SMILES string of the molecule is COc1ccccc1CCn1c(=O)n(C2CCN(C)C2=O)c(=O)c2c(C)c(-c3ncco3)sc21. The van der Waals surface area contributed by atoms with Gasteiger partial charge in [0.05, 0.1) is 23.6 Å². The van der Waals surface area contributed by atoms with Crippen LogP contribution in [-0.4, -0.2) is 45.6 Å². The Hall–Kier alpha value is -3.66. The number of aromatic nitrogens is 3. The van der Waals surface area contributed by atoms with E-state index in [2.05, 4.69) is 4.98 Å². The van der Waals surface area contributed by atoms with Gasteiger partial charge in [-0.3, -0.25) is 14.2 Å². The lowest BCUT2D eigenvalue weighted by atomic mass is 10.1. The van der Waals surface area contributed by atoms with Crippen LogP contribution < -0.4 is 16.0 Å². The normalized spacial score (nSPS) is 16.0. The molecule has 3 aromatic heterocycles. The summed E-state index contributed by atoms with van der Waals surface area (Å²) in [5.74, 6) is 0.899. The predicted molar refractivity (Wildman–Crippen MR) is 129 cm³/mol. The molecule has 176 valence electrons. The van der Waals surface area contributed by atoms with Crippen molar-refractivity contribution in [2.45, 2.75) is 32.4 Å². The summed E-state index contributed by atoms with van der Waals surface area (Å²) in [5, 5.41) is 0.417. The van der Waals surface area contributed by atoms with Crippen molar-refractivity contribution in [2.75, 3.05) is 20.7 Å². The number of ether oxygens (including phenoxy) is 1. The number of thiophene rings is 1. The Morgan fingerprint density at radius 3 is 2.71 bits per heavy atom. The zero-order chi connectivity index (χ0) is 24.0. The fourth-order valence-electron chi connectivity index (χ4n) is 4.56. The van der Waals surface area contributed by atoms with Crippen LogP contribution in [0.2, 0.25) is 0 Å². The Bertz CT molecular complexity index is 1500. The van der Waals surface area contributed by atoms with E-state index in [1.165, 1.54) is 17.6 Å². The Kier molecular flexibility index (Phi) is 5.60. The number of fused-ring (bicyclic) bond motifs is 1. The maximum atomic E-state index is 13.7. The highest BCUT2D eigenvalue weighted by Crippen LogP contribution is 2.36. The minimum Gasteiger partial charge on any atom is -0.496 e. The lowest BCUT2D eigenvalue weighted by Gasteiger charge is -2.17. The van der Waals surface area contributed by atoms with Gasteiger partial charge in [0.2, 0.25) is 11.8 Å². The van der Waals surface area contributed by atoms with Gasteiger partial charge in [0, 0.05) is 20.1 Å². The number of nitrogens with zero attached hydrogens (tertiary/aromatic N) is 4. The van der Waals surface area contributed by atoms with Crippen LogP contribution in [-0.2, 0) is 17.8 Å². The molecule has 9 nitrogen and oxygen atoms in total. The third-order valence-corrected chi connectivity index (χ3v) is 7.68. The lowest BCUT2D eigenvalue weighted by Crippen LogP contribution is -2.44. The molecule has 1 unspecified atom stereocenters. The molecule has 5 rings (SSSR count). The standard InChI is InChI=1S/C24H24N4O5S/c1-14-18-22(30)28(16-9-11-26(2)21(16)29)24(31)27(12-8-15-6-4-5-7-17(15)32-3)23(18)34-19(14)20-25-10-13-33-20/h4-7,10,13,16H,8-9,11-12H2,1-3H3. The van der Waals surface area contributed by atoms with Gasteiger partial charge in [0.1, 0.15) is 22.9 Å². The minimum atomic E-state index is -0.809. The first-order valence-electron chi connectivity index (χ1n) is 11.0. The van der Waals surface area contributed by atoms with Gasteiger partial charge < -0.3 is 14.1 Å². The average Bonchev–Trinajstić information content (AvgIpc) is 3.55. The van der Waals surface area contributed by atoms with Crippen molar-refractivity contribution in [1.82, 2.24) is 19.0 Å². The molecular formula is C24H24N4O5S. The molecular weight excluding hydrogens is 456 g/mol. The summed E-state index contributed by atoms with van der Waals surface area (Å²) in [6.07, 6.45) is 3.94. The number of likely N-dealkylation sites (tertiary alicyclic amines) is 1. The van der Waals surface area contributed by atoms with Gasteiger partial charge >= 0.3 is 5.69 Å². The van der Waals surface area contributed by atoms with Crippen LogP contribution in [0.15, 0.2) is 50.7 Å². The van der Waals surface area contributed by atoms with E-state index >= 15 is 0 Å². The molecule has 1 aliphatic rings. The third-order valence-electron chi connectivity index (χ3n) is 6.38. The zero-order valence-corrected chi connectivity index (χ0v) is 19.9. The van der Waals surface area contributed by atoms with Gasteiger partial charge in [-0.1, -0.05) is 18.2 Å². The van der Waals surface area contributed by atoms with Crippen LogP contribution in [0.5, 0.6) is 5.75 Å². The molecule has 0 bridgehead atoms. The average molecular weight is 481 g/mol. The van der Waals surface area contributed by atoms with E-state index in [4.69, 9.17) is 9.15 Å². The van der Waals surface area contributed by atoms with Crippen LogP contribution in [0.3, 0.4) is 0 Å². The van der Waals surface area contributed by atoms with Gasteiger partial charge in [0.15, 0.2) is 0 Å². The first-order chi connectivity index (χ1) is 16.4. The highest BCUT2D eigenvalue weighted by atomic mass is 32.1. The van der Waals surface area contributed by atoms with Crippen LogP contribution >= 0.6 is 11.3 Å². The van der Waals surface area contributed by atoms with Crippen LogP contribution in [0.4, 0.5) is 0 Å². The largest absolute Gasteiger partial charge is 0.496 e. The molecule has 1 aromatic carbocycles. The fraction of sp³-hybridized carbons (Fsp3) is 0.333. The first kappa shape index (κ1) is 22.1. The number of rotatable bonds is 6. The summed E-state index contributed by atoms with van der Waals surface area (Å²) in [6.45, 7) is 2.64. The van der Waals surface area contributed by atoms with Gasteiger partial charge in [-0.15, -0.1) is 11.3 Å². The van der Waals surface area contributed by atoms with Gasteiger partial charge in [-0.2, -0.15) is 0 Å². The Balaban J connectivity index is 1.72. The second-order valence-corrected chi connectivity index (χ2v) is 9.31. The number of carbonyl (C=O) groups is 1. The predicted octanol–water partition coefficient (Wildman–Crippen LogP) is 2.84. The van der Waals surface area contributed by atoms with Crippen molar-refractivity contribution in [1.29, 1.82) is 0 Å². The number of benzene rings is 1. The highest BCUT2D eigenvalue weighted by Gasteiger charge is 2.34. The van der Waals surface area contributed by atoms with Crippen molar-refractivity contribution in [3.63, 3.8) is 0 Å². The van der Waals surface area contributed by atoms with E-state index in [-0.39, 0.29) is 5.91 Å². The van der Waals surface area contributed by atoms with E-state index in [0.29, 0.717) is 52.5 Å². The van der Waals surface area contributed by atoms with Crippen molar-refractivity contribution in [3.05, 3.63) is 68.7 Å². The number of carbonyl (C=O) groups excluding carboxylic acids is 1. The molecule has 4 aromatic rings. The molecule has 1 amide bonds. The maximum absolute atomic E-state index is 13.7. The summed E-state index contributed by atoms with van der Waals surface area (Å²) in [4.78, 5) is 47.2. The van der Waals surface area contributed by atoms with E-state index < -0.39 is 17.3 Å². The second-order valence-electron chi connectivity index (χ2n) is 8.31. The van der Waals surface area contributed by atoms with Gasteiger partial charge in [-0.25, -0.2) is 14.3 Å². The Labute approximate surface area is 198 Å². The summed E-state index contributed by atoms with van der Waals surface area (Å²) in [7, 11) is 3.29. The van der Waals surface area contributed by atoms with Crippen molar-refractivity contribution < 1.29 is 13.9 Å². The maximum Gasteiger partial charge on any atom is 0.332 e. The second kappa shape index (κ2) is 8.60. The molecule has 0 aliphatic carbocycles. The Morgan fingerprint density at radius 1 is 1.24 bits per heavy atom. The zero-order valence-electron chi connectivity index (χ0n) is 19.1. The van der Waals surface area contributed by atoms with Gasteiger partial charge in [0.25, 0.3) is 5.56 Å². The molecule has 0 spiro atoms. The van der Waals surface area contributed by atoms with Crippen LogP contribution in [0.25, 0.3) is 21.0 Å². The molecule has 1 atom stereocenters. The van der Waals surface area contributed by atoms with E-state index in [1.807, 2.05) is 31.2 Å². The molecule has 0 saturated carbocycles. The summed E-state index contributed by atoms with van der Waals surface area (Å²) in [5.41, 5.74) is 0.696. The molecule has 0 N–H and O–H groups in total. The smallest absolute Gasteiger partial charge is 0.332 e. The number of methoxy groups -OCH3 is 1. The fourth-order valence-corrected chi connectivity index (χ4v) is 5.82. The number of para-hydroxylation sites is 1. The van der Waals surface area contributed by atoms with Crippen LogP contribution in [0.1, 0.15) is 23.6 Å². The van der Waals surface area contributed by atoms with Crippen LogP contribution in [0, 0.1) is 6.92 Å². The topological polar surface area (TPSA) is 99.6 Å². The molecule has 1 aliphatic heterocycles. The summed E-state index contributed by atoms with van der Waals surface area (Å²) in [6, 6.07) is 6.82. The molecule has 4 heterocycles. The van der Waals surface area contributed by atoms with Crippen molar-refractivity contribution >= 4 is 27.5 Å². The number of hydrogen-bond acceptors (Lipinski definition) is 7. The monoisotopic (exact) mass is 480 g/mol. The first-order valence-corrected chi connectivity index (χ1v) is 11.8. The number of likely N-dealkylation sites (N-methyl/N-ethyl adjacent to an activating group) is 1. The Morgan fingerprint density at radius 2 is 2.03 bits per heavy atom. The minimum absolute atomic E-state index is 0.226. The summed E-state index contributed by atoms with van der Waals surface area (Å²) >= 11 is 1.30. The number of hydrogen-bond donors (Lipinski definition) is 0. The molecule has 1 saturated heterocycles. The van der Waals surface area contributed by atoms with Crippen molar-refractivity contribution in [2.24, 2.45) is 0 Å². The third kappa shape index (κ3) is 3.45. The molecule has 0 radical (unpaired) electrons.